The maximum atomic E-state index is 11.7. The molecule has 2 aliphatic carbocycles. The number of esters is 1. The van der Waals surface area contributed by atoms with E-state index >= 15 is 0 Å². The largest absolute Gasteiger partial charge is 0.454 e. The van der Waals surface area contributed by atoms with Crippen molar-refractivity contribution in [2.45, 2.75) is 63.8 Å². The Morgan fingerprint density at radius 2 is 1.89 bits per heavy atom. The summed E-state index contributed by atoms with van der Waals surface area (Å²) in [4.78, 5) is 11.7. The van der Waals surface area contributed by atoms with Gasteiger partial charge in [-0.15, -0.1) is 0 Å². The van der Waals surface area contributed by atoms with Crippen molar-refractivity contribution in [3.8, 4) is 0 Å². The third-order valence-corrected chi connectivity index (χ3v) is 5.51. The van der Waals surface area contributed by atoms with E-state index in [0.29, 0.717) is 24.8 Å². The van der Waals surface area contributed by atoms with Crippen molar-refractivity contribution in [3.63, 3.8) is 0 Å². The van der Waals surface area contributed by atoms with Gasteiger partial charge in [-0.2, -0.15) is 0 Å². The summed E-state index contributed by atoms with van der Waals surface area (Å²) in [5.41, 5.74) is 0.00869. The van der Waals surface area contributed by atoms with Crippen molar-refractivity contribution in [2.24, 2.45) is 11.8 Å². The van der Waals surface area contributed by atoms with E-state index in [2.05, 4.69) is 0 Å². The predicted molar refractivity (Wildman–Crippen MR) is 69.3 cm³/mol. The minimum Gasteiger partial charge on any atom is -0.454 e. The molecule has 5 atom stereocenters. The van der Waals surface area contributed by atoms with Crippen LogP contribution in [0.2, 0.25) is 0 Å². The highest BCUT2D eigenvalue weighted by atomic mass is 16.5. The molecule has 0 spiro atoms. The summed E-state index contributed by atoms with van der Waals surface area (Å²) in [6.07, 6.45) is 2.35. The van der Waals surface area contributed by atoms with Crippen LogP contribution < -0.4 is 0 Å². The van der Waals surface area contributed by atoms with E-state index in [9.17, 15) is 15.0 Å². The van der Waals surface area contributed by atoms with Gasteiger partial charge in [0.15, 0.2) is 0 Å². The SMILES string of the molecule is CC1=C2C[C@@H]3[C@@H](CC[C@]3(C)O)[C@@](C)(O)C[C@@H]2OC1=O. The average Bonchev–Trinajstić information content (AvgIpc) is 2.66. The van der Waals surface area contributed by atoms with Crippen LogP contribution in [0.4, 0.5) is 0 Å². The van der Waals surface area contributed by atoms with E-state index < -0.39 is 11.2 Å². The number of rotatable bonds is 0. The summed E-state index contributed by atoms with van der Waals surface area (Å²) < 4.78 is 5.37. The van der Waals surface area contributed by atoms with Crippen molar-refractivity contribution in [2.75, 3.05) is 0 Å². The second kappa shape index (κ2) is 3.83. The Labute approximate surface area is 113 Å². The number of hydrogen-bond acceptors (Lipinski definition) is 4. The molecule has 106 valence electrons. The van der Waals surface area contributed by atoms with E-state index in [1.54, 1.807) is 6.92 Å². The van der Waals surface area contributed by atoms with Gasteiger partial charge in [-0.1, -0.05) is 0 Å². The van der Waals surface area contributed by atoms with E-state index in [1.165, 1.54) is 0 Å². The molecular weight excluding hydrogens is 244 g/mol. The van der Waals surface area contributed by atoms with Crippen molar-refractivity contribution in [1.29, 1.82) is 0 Å². The first-order valence-electron chi connectivity index (χ1n) is 7.08. The summed E-state index contributed by atoms with van der Waals surface area (Å²) in [5, 5.41) is 21.3. The number of ether oxygens (including phenoxy) is 1. The number of aliphatic hydroxyl groups is 2. The molecule has 0 saturated heterocycles. The Bertz CT molecular complexity index is 461. The number of fused-ring (bicyclic) bond motifs is 2. The number of hydrogen-bond donors (Lipinski definition) is 2. The molecule has 2 N–H and O–H groups in total. The normalized spacial score (nSPS) is 49.7. The highest BCUT2D eigenvalue weighted by molar-refractivity contribution is 5.91. The fourth-order valence-electron chi connectivity index (χ4n) is 4.25. The lowest BCUT2D eigenvalue weighted by molar-refractivity contribution is -0.142. The molecule has 3 rings (SSSR count). The van der Waals surface area contributed by atoms with Gasteiger partial charge in [-0.05, 0) is 57.4 Å². The van der Waals surface area contributed by atoms with Crippen LogP contribution in [0.5, 0.6) is 0 Å². The summed E-state index contributed by atoms with van der Waals surface area (Å²) in [7, 11) is 0. The summed E-state index contributed by atoms with van der Waals surface area (Å²) in [5.74, 6) is -0.189. The van der Waals surface area contributed by atoms with Gasteiger partial charge in [0.1, 0.15) is 6.10 Å². The van der Waals surface area contributed by atoms with Crippen LogP contribution in [0.1, 0.15) is 46.5 Å². The van der Waals surface area contributed by atoms with E-state index in [4.69, 9.17) is 4.74 Å². The molecule has 0 aromatic heterocycles. The Kier molecular flexibility index (Phi) is 2.64. The lowest BCUT2D eigenvalue weighted by Gasteiger charge is -2.35. The molecule has 0 unspecified atom stereocenters. The van der Waals surface area contributed by atoms with Gasteiger partial charge in [-0.3, -0.25) is 0 Å². The second-order valence-electron chi connectivity index (χ2n) is 6.92. The molecule has 0 amide bonds. The van der Waals surface area contributed by atoms with Gasteiger partial charge in [0, 0.05) is 12.0 Å². The van der Waals surface area contributed by atoms with Gasteiger partial charge >= 0.3 is 5.97 Å². The summed E-state index contributed by atoms with van der Waals surface area (Å²) >= 11 is 0. The minimum atomic E-state index is -0.886. The van der Waals surface area contributed by atoms with Crippen molar-refractivity contribution >= 4 is 5.97 Å². The zero-order chi connectivity index (χ0) is 14.0. The standard InChI is InChI=1S/C15H22O4/c1-8-9-6-11-10(4-5-14(11,2)17)15(3,18)7-12(9)19-13(8)16/h10-12,17-18H,4-7H2,1-3H3/t10-,11-,12+,14+,15+/m1/s1. The first-order valence-corrected chi connectivity index (χ1v) is 7.08. The zero-order valence-electron chi connectivity index (χ0n) is 11.8. The summed E-state index contributed by atoms with van der Waals surface area (Å²) in [6, 6.07) is 0. The molecule has 1 heterocycles. The van der Waals surface area contributed by atoms with Crippen molar-refractivity contribution in [1.82, 2.24) is 0 Å². The highest BCUT2D eigenvalue weighted by Crippen LogP contribution is 2.53. The first kappa shape index (κ1) is 13.1. The van der Waals surface area contributed by atoms with E-state index in [1.807, 2.05) is 13.8 Å². The Hall–Kier alpha value is -0.870. The molecule has 0 aromatic rings. The highest BCUT2D eigenvalue weighted by Gasteiger charge is 2.55. The lowest BCUT2D eigenvalue weighted by atomic mass is 9.76. The van der Waals surface area contributed by atoms with Crippen molar-refractivity contribution in [3.05, 3.63) is 11.1 Å². The quantitative estimate of drug-likeness (QED) is 0.653. The third kappa shape index (κ3) is 1.84. The molecule has 4 nitrogen and oxygen atoms in total. The maximum Gasteiger partial charge on any atom is 0.334 e. The van der Waals surface area contributed by atoms with E-state index in [0.717, 1.165) is 12.0 Å². The van der Waals surface area contributed by atoms with Gasteiger partial charge < -0.3 is 14.9 Å². The van der Waals surface area contributed by atoms with Crippen LogP contribution >= 0.6 is 0 Å². The first-order chi connectivity index (χ1) is 8.72. The fraction of sp³-hybridized carbons (Fsp3) is 0.800. The topological polar surface area (TPSA) is 66.8 Å². The molecule has 0 radical (unpaired) electrons. The zero-order valence-corrected chi connectivity index (χ0v) is 11.8. The Morgan fingerprint density at radius 1 is 1.21 bits per heavy atom. The van der Waals surface area contributed by atoms with Crippen LogP contribution in [0.15, 0.2) is 11.1 Å². The van der Waals surface area contributed by atoms with Gasteiger partial charge in [-0.25, -0.2) is 4.79 Å². The smallest absolute Gasteiger partial charge is 0.334 e. The molecule has 4 heteroatoms. The Balaban J connectivity index is 2.04. The van der Waals surface area contributed by atoms with Crippen LogP contribution in [0.25, 0.3) is 0 Å². The van der Waals surface area contributed by atoms with Gasteiger partial charge in [0.05, 0.1) is 11.2 Å². The predicted octanol–water partition coefficient (Wildman–Crippen LogP) is 1.55. The van der Waals surface area contributed by atoms with E-state index in [-0.39, 0.29) is 23.9 Å². The van der Waals surface area contributed by atoms with Crippen LogP contribution in [0, 0.1) is 11.8 Å². The third-order valence-electron chi connectivity index (χ3n) is 5.51. The number of carbonyl (C=O) groups excluding carboxylic acids is 1. The van der Waals surface area contributed by atoms with Crippen LogP contribution in [-0.4, -0.2) is 33.5 Å². The molecule has 2 saturated carbocycles. The lowest BCUT2D eigenvalue weighted by Crippen LogP contribution is -2.41. The molecule has 19 heavy (non-hydrogen) atoms. The maximum absolute atomic E-state index is 11.7. The van der Waals surface area contributed by atoms with Crippen molar-refractivity contribution < 1.29 is 19.7 Å². The molecule has 1 aliphatic heterocycles. The second-order valence-corrected chi connectivity index (χ2v) is 6.92. The van der Waals surface area contributed by atoms with Gasteiger partial charge in [0.25, 0.3) is 0 Å². The molecule has 2 fully saturated rings. The molecular formula is C15H22O4. The number of carbonyl (C=O) groups is 1. The van der Waals surface area contributed by atoms with Crippen LogP contribution in [0.3, 0.4) is 0 Å². The van der Waals surface area contributed by atoms with Gasteiger partial charge in [0.2, 0.25) is 0 Å². The fourth-order valence-corrected chi connectivity index (χ4v) is 4.25. The van der Waals surface area contributed by atoms with Crippen LogP contribution in [-0.2, 0) is 9.53 Å². The minimum absolute atomic E-state index is 0.00644. The molecule has 0 bridgehead atoms. The summed E-state index contributed by atoms with van der Waals surface area (Å²) in [6.45, 7) is 5.45. The Morgan fingerprint density at radius 3 is 2.58 bits per heavy atom. The monoisotopic (exact) mass is 266 g/mol. The molecule has 3 aliphatic rings. The molecule has 0 aromatic carbocycles. The average molecular weight is 266 g/mol.